The average Bonchev–Trinajstić information content (AvgIpc) is 3.20. The fourth-order valence-electron chi connectivity index (χ4n) is 3.29. The van der Waals surface area contributed by atoms with E-state index in [1.165, 1.54) is 4.80 Å². The van der Waals surface area contributed by atoms with Crippen LogP contribution in [-0.2, 0) is 11.3 Å². The van der Waals surface area contributed by atoms with Gasteiger partial charge in [-0.3, -0.25) is 4.79 Å². The number of rotatable bonds is 7. The Morgan fingerprint density at radius 1 is 1.26 bits per heavy atom. The third kappa shape index (κ3) is 4.17. The molecule has 1 atom stereocenters. The van der Waals surface area contributed by atoms with Crippen LogP contribution in [0.25, 0.3) is 11.4 Å². The van der Waals surface area contributed by atoms with E-state index in [1.807, 2.05) is 44.2 Å². The van der Waals surface area contributed by atoms with Crippen LogP contribution in [0.4, 0.5) is 0 Å². The molecule has 1 aromatic carbocycles. The Morgan fingerprint density at radius 2 is 1.96 bits per heavy atom. The van der Waals surface area contributed by atoms with E-state index in [0.717, 1.165) is 21.4 Å². The highest BCUT2D eigenvalue weighted by Crippen LogP contribution is 2.22. The van der Waals surface area contributed by atoms with Crippen LogP contribution in [0.2, 0.25) is 0 Å². The minimum atomic E-state index is -0.0428. The topological polar surface area (TPSA) is 74.8 Å². The van der Waals surface area contributed by atoms with Crippen LogP contribution >= 0.6 is 15.9 Å². The van der Waals surface area contributed by atoms with Gasteiger partial charge in [0.2, 0.25) is 5.82 Å². The number of hydrogen-bond acceptors (Lipinski definition) is 5. The maximum absolute atomic E-state index is 12.8. The van der Waals surface area contributed by atoms with Crippen LogP contribution in [0.3, 0.4) is 0 Å². The molecule has 0 N–H and O–H groups in total. The molecule has 0 radical (unpaired) electrons. The second-order valence-electron chi connectivity index (χ2n) is 6.53. The number of carbonyl (C=O) groups is 1. The summed E-state index contributed by atoms with van der Waals surface area (Å²) in [5, 5.41) is 12.4. The van der Waals surface area contributed by atoms with Crippen molar-refractivity contribution < 1.29 is 9.53 Å². The lowest BCUT2D eigenvalue weighted by Gasteiger charge is -2.17. The number of carbonyl (C=O) groups excluding carboxylic acids is 1. The predicted molar refractivity (Wildman–Crippen MR) is 106 cm³/mol. The van der Waals surface area contributed by atoms with Gasteiger partial charge in [-0.25, -0.2) is 0 Å². The standard InChI is InChI=1S/C19H22BrN5O2/c1-12-9-17(14(3)25(12)13(2)11-27-4)18(26)10-24-22-19(21-23-24)15-5-7-16(20)8-6-15/h5-9,13H,10-11H2,1-4H3. The highest BCUT2D eigenvalue weighted by molar-refractivity contribution is 9.10. The van der Waals surface area contributed by atoms with Crippen LogP contribution in [-0.4, -0.2) is 44.3 Å². The van der Waals surface area contributed by atoms with Crippen LogP contribution < -0.4 is 0 Å². The fourth-order valence-corrected chi connectivity index (χ4v) is 3.56. The Hall–Kier alpha value is -2.32. The first kappa shape index (κ1) is 19.4. The summed E-state index contributed by atoms with van der Waals surface area (Å²) in [4.78, 5) is 14.1. The average molecular weight is 432 g/mol. The molecule has 3 rings (SSSR count). The van der Waals surface area contributed by atoms with Crippen molar-refractivity contribution in [1.82, 2.24) is 24.8 Å². The number of aromatic nitrogens is 5. The zero-order chi connectivity index (χ0) is 19.6. The molecule has 0 fully saturated rings. The fraction of sp³-hybridized carbons (Fsp3) is 0.368. The number of ether oxygens (including phenoxy) is 1. The molecule has 0 aliphatic heterocycles. The van der Waals surface area contributed by atoms with Gasteiger partial charge in [0.15, 0.2) is 5.78 Å². The van der Waals surface area contributed by atoms with Crippen LogP contribution in [0.1, 0.15) is 34.7 Å². The molecule has 0 amide bonds. The second kappa shape index (κ2) is 8.14. The van der Waals surface area contributed by atoms with E-state index in [1.54, 1.807) is 7.11 Å². The van der Waals surface area contributed by atoms with Gasteiger partial charge in [-0.2, -0.15) is 4.80 Å². The summed E-state index contributed by atoms with van der Waals surface area (Å²) in [7, 11) is 1.68. The minimum absolute atomic E-state index is 0.0428. The van der Waals surface area contributed by atoms with E-state index in [4.69, 9.17) is 4.74 Å². The van der Waals surface area contributed by atoms with Crippen molar-refractivity contribution in [3.8, 4) is 11.4 Å². The Morgan fingerprint density at radius 3 is 2.63 bits per heavy atom. The summed E-state index contributed by atoms with van der Waals surface area (Å²) in [6, 6.07) is 9.70. The first-order valence-electron chi connectivity index (χ1n) is 8.65. The molecule has 2 aromatic heterocycles. The van der Waals surface area contributed by atoms with Crippen molar-refractivity contribution in [2.24, 2.45) is 0 Å². The van der Waals surface area contributed by atoms with Gasteiger partial charge < -0.3 is 9.30 Å². The van der Waals surface area contributed by atoms with Crippen molar-refractivity contribution >= 4 is 21.7 Å². The summed E-state index contributed by atoms with van der Waals surface area (Å²) in [6.45, 7) is 6.66. The Bertz CT molecular complexity index is 946. The molecule has 8 heteroatoms. The molecule has 0 aliphatic rings. The van der Waals surface area contributed by atoms with Crippen molar-refractivity contribution in [2.75, 3.05) is 13.7 Å². The lowest BCUT2D eigenvalue weighted by atomic mass is 10.1. The summed E-state index contributed by atoms with van der Waals surface area (Å²) in [5.74, 6) is 0.452. The molecule has 0 saturated heterocycles. The maximum atomic E-state index is 12.8. The zero-order valence-corrected chi connectivity index (χ0v) is 17.4. The molecule has 2 heterocycles. The van der Waals surface area contributed by atoms with Gasteiger partial charge in [0.1, 0.15) is 6.54 Å². The van der Waals surface area contributed by atoms with Crippen LogP contribution in [0, 0.1) is 13.8 Å². The largest absolute Gasteiger partial charge is 0.383 e. The SMILES string of the molecule is COCC(C)n1c(C)cc(C(=O)Cn2nnc(-c3ccc(Br)cc3)n2)c1C. The van der Waals surface area contributed by atoms with Crippen LogP contribution in [0.5, 0.6) is 0 Å². The third-order valence-corrected chi connectivity index (χ3v) is 5.00. The number of aryl methyl sites for hydroxylation is 1. The number of nitrogens with zero attached hydrogens (tertiary/aromatic N) is 5. The Labute approximate surface area is 166 Å². The highest BCUT2D eigenvalue weighted by Gasteiger charge is 2.20. The predicted octanol–water partition coefficient (Wildman–Crippen LogP) is 3.61. The summed E-state index contributed by atoms with van der Waals surface area (Å²) in [6.07, 6.45) is 0. The van der Waals surface area contributed by atoms with Crippen molar-refractivity contribution in [2.45, 2.75) is 33.4 Å². The van der Waals surface area contributed by atoms with E-state index in [2.05, 4.69) is 42.8 Å². The molecule has 27 heavy (non-hydrogen) atoms. The van der Waals surface area contributed by atoms with Gasteiger partial charge >= 0.3 is 0 Å². The number of benzene rings is 1. The normalized spacial score (nSPS) is 12.3. The number of ketones is 1. The summed E-state index contributed by atoms with van der Waals surface area (Å²) >= 11 is 3.40. The van der Waals surface area contributed by atoms with Crippen molar-refractivity contribution in [3.05, 3.63) is 51.8 Å². The number of Topliss-reactive ketones (excluding diaryl/α,β-unsaturated/α-hetero) is 1. The third-order valence-electron chi connectivity index (χ3n) is 4.47. The molecule has 7 nitrogen and oxygen atoms in total. The minimum Gasteiger partial charge on any atom is -0.383 e. The highest BCUT2D eigenvalue weighted by atomic mass is 79.9. The van der Waals surface area contributed by atoms with Gasteiger partial charge in [-0.1, -0.05) is 15.9 Å². The summed E-state index contributed by atoms with van der Waals surface area (Å²) in [5.41, 5.74) is 3.49. The monoisotopic (exact) mass is 431 g/mol. The Kier molecular flexibility index (Phi) is 5.86. The lowest BCUT2D eigenvalue weighted by Crippen LogP contribution is -2.16. The number of halogens is 1. The maximum Gasteiger partial charge on any atom is 0.204 e. The second-order valence-corrected chi connectivity index (χ2v) is 7.45. The van der Waals surface area contributed by atoms with E-state index in [9.17, 15) is 4.79 Å². The molecule has 0 spiro atoms. The molecular formula is C19H22BrN5O2. The molecule has 0 aliphatic carbocycles. The van der Waals surface area contributed by atoms with Gasteiger partial charge in [-0.05, 0) is 56.3 Å². The molecule has 0 bridgehead atoms. The number of tetrazole rings is 1. The van der Waals surface area contributed by atoms with Crippen molar-refractivity contribution in [1.29, 1.82) is 0 Å². The summed E-state index contributed by atoms with van der Waals surface area (Å²) < 4.78 is 8.35. The lowest BCUT2D eigenvalue weighted by molar-refractivity contribution is 0.0960. The van der Waals surface area contributed by atoms with Gasteiger partial charge in [0.25, 0.3) is 0 Å². The van der Waals surface area contributed by atoms with Gasteiger partial charge in [0, 0.05) is 34.1 Å². The first-order chi connectivity index (χ1) is 12.9. The van der Waals surface area contributed by atoms with E-state index in [-0.39, 0.29) is 18.4 Å². The quantitative estimate of drug-likeness (QED) is 0.534. The molecular weight excluding hydrogens is 410 g/mol. The van der Waals surface area contributed by atoms with Crippen molar-refractivity contribution in [3.63, 3.8) is 0 Å². The van der Waals surface area contributed by atoms with E-state index in [0.29, 0.717) is 18.0 Å². The van der Waals surface area contributed by atoms with Gasteiger partial charge in [-0.15, -0.1) is 10.2 Å². The van der Waals surface area contributed by atoms with E-state index < -0.39 is 0 Å². The molecule has 0 saturated carbocycles. The van der Waals surface area contributed by atoms with Crippen LogP contribution in [0.15, 0.2) is 34.8 Å². The molecule has 3 aromatic rings. The number of methoxy groups -OCH3 is 1. The van der Waals surface area contributed by atoms with Gasteiger partial charge in [0.05, 0.1) is 12.6 Å². The molecule has 1 unspecified atom stereocenters. The van der Waals surface area contributed by atoms with E-state index >= 15 is 0 Å². The first-order valence-corrected chi connectivity index (χ1v) is 9.44. The zero-order valence-electron chi connectivity index (χ0n) is 15.8. The number of hydrogen-bond donors (Lipinski definition) is 0. The Balaban J connectivity index is 1.78. The smallest absolute Gasteiger partial charge is 0.204 e. The molecule has 142 valence electrons.